The number of alkyl halides is 3. The predicted molar refractivity (Wildman–Crippen MR) is 97.8 cm³/mol. The third-order valence-corrected chi connectivity index (χ3v) is 5.32. The van der Waals surface area contributed by atoms with E-state index < -0.39 is 12.0 Å². The lowest BCUT2D eigenvalue weighted by Crippen LogP contribution is -2.30. The van der Waals surface area contributed by atoms with Crippen molar-refractivity contribution in [3.8, 4) is 0 Å². The van der Waals surface area contributed by atoms with Crippen molar-refractivity contribution in [2.75, 3.05) is 17.2 Å². The lowest BCUT2D eigenvalue weighted by Gasteiger charge is -2.17. The molecule has 0 spiro atoms. The molecule has 2 heterocycles. The van der Waals surface area contributed by atoms with Crippen molar-refractivity contribution in [3.05, 3.63) is 59.9 Å². The van der Waals surface area contributed by atoms with Gasteiger partial charge in [-0.05, 0) is 24.1 Å². The van der Waals surface area contributed by atoms with Crippen LogP contribution in [0.2, 0.25) is 0 Å². The Balaban J connectivity index is 1.60. The van der Waals surface area contributed by atoms with Crippen LogP contribution in [0.3, 0.4) is 0 Å². The van der Waals surface area contributed by atoms with E-state index in [9.17, 15) is 18.0 Å². The predicted octanol–water partition coefficient (Wildman–Crippen LogP) is 4.33. The molecule has 0 aliphatic carbocycles. The number of thioether (sulfide) groups is 1. The fourth-order valence-corrected chi connectivity index (χ4v) is 3.98. The summed E-state index contributed by atoms with van der Waals surface area (Å²) < 4.78 is 39.3. The van der Waals surface area contributed by atoms with Crippen LogP contribution in [0, 0.1) is 0 Å². The number of amides is 1. The molecular weight excluding hydrogens is 375 g/mol. The van der Waals surface area contributed by atoms with Gasteiger partial charge in [0.15, 0.2) is 0 Å². The summed E-state index contributed by atoms with van der Waals surface area (Å²) in [7, 11) is 0. The van der Waals surface area contributed by atoms with Crippen LogP contribution in [0.1, 0.15) is 11.4 Å². The molecule has 0 fully saturated rings. The molecule has 0 bridgehead atoms. The number of aromatic nitrogens is 2. The second-order valence-corrected chi connectivity index (χ2v) is 7.04. The van der Waals surface area contributed by atoms with Crippen LogP contribution in [0.5, 0.6) is 0 Å². The summed E-state index contributed by atoms with van der Waals surface area (Å²) >= 11 is 1.01. The third-order valence-electron chi connectivity index (χ3n) is 4.34. The first-order chi connectivity index (χ1) is 12.9. The summed E-state index contributed by atoms with van der Waals surface area (Å²) in [5.74, 6) is -1.34. The monoisotopic (exact) mass is 389 g/mol. The van der Waals surface area contributed by atoms with E-state index in [0.29, 0.717) is 11.9 Å². The summed E-state index contributed by atoms with van der Waals surface area (Å²) in [5.41, 5.74) is 2.18. The largest absolute Gasteiger partial charge is 0.451 e. The molecule has 0 unspecified atom stereocenters. The Morgan fingerprint density at radius 3 is 2.63 bits per heavy atom. The maximum Gasteiger partial charge on any atom is 0.451 e. The van der Waals surface area contributed by atoms with E-state index in [2.05, 4.69) is 9.97 Å². The molecule has 1 aliphatic heterocycles. The number of fused-ring (bicyclic) bond motifs is 2. The van der Waals surface area contributed by atoms with Crippen LogP contribution >= 0.6 is 11.8 Å². The van der Waals surface area contributed by atoms with E-state index in [1.54, 1.807) is 23.1 Å². The Labute approximate surface area is 157 Å². The maximum absolute atomic E-state index is 13.1. The molecule has 0 atom stereocenters. The number of rotatable bonds is 3. The van der Waals surface area contributed by atoms with Gasteiger partial charge in [-0.3, -0.25) is 4.79 Å². The van der Waals surface area contributed by atoms with Crippen molar-refractivity contribution in [2.45, 2.75) is 17.6 Å². The van der Waals surface area contributed by atoms with Crippen molar-refractivity contribution in [1.29, 1.82) is 0 Å². The summed E-state index contributed by atoms with van der Waals surface area (Å²) in [6, 6.07) is 14.1. The van der Waals surface area contributed by atoms with Crippen LogP contribution in [-0.4, -0.2) is 28.2 Å². The minimum atomic E-state index is -4.64. The van der Waals surface area contributed by atoms with Gasteiger partial charge in [0.05, 0.1) is 11.3 Å². The first-order valence-corrected chi connectivity index (χ1v) is 9.27. The highest BCUT2D eigenvalue weighted by atomic mass is 32.2. The number of para-hydroxylation sites is 2. The number of carbonyl (C=O) groups is 1. The Hall–Kier alpha value is -2.61. The van der Waals surface area contributed by atoms with Gasteiger partial charge >= 0.3 is 6.18 Å². The standard InChI is InChI=1S/C19H14F3N3OS/c20-19(21,22)18-23-14-7-3-2-6-13(14)17(24-18)27-11-16(26)25-10-9-12-5-1-4-8-15(12)25/h1-8H,9-11H2. The Kier molecular flexibility index (Phi) is 4.51. The maximum atomic E-state index is 13.1. The lowest BCUT2D eigenvalue weighted by molar-refractivity contribution is -0.145. The number of anilines is 1. The highest BCUT2D eigenvalue weighted by Crippen LogP contribution is 2.33. The van der Waals surface area contributed by atoms with Gasteiger partial charge in [-0.25, -0.2) is 9.97 Å². The zero-order chi connectivity index (χ0) is 19.0. The average molecular weight is 389 g/mol. The molecule has 8 heteroatoms. The second-order valence-electron chi connectivity index (χ2n) is 6.08. The Morgan fingerprint density at radius 2 is 1.81 bits per heavy atom. The molecule has 4 rings (SSSR count). The van der Waals surface area contributed by atoms with Crippen LogP contribution in [0.25, 0.3) is 10.9 Å². The van der Waals surface area contributed by atoms with Gasteiger partial charge < -0.3 is 4.90 Å². The molecule has 0 saturated carbocycles. The summed E-state index contributed by atoms with van der Waals surface area (Å²) in [6.07, 6.45) is -3.86. The zero-order valence-corrected chi connectivity index (χ0v) is 14.8. The van der Waals surface area contributed by atoms with Crippen LogP contribution in [0.15, 0.2) is 53.6 Å². The molecule has 1 amide bonds. The van der Waals surface area contributed by atoms with Gasteiger partial charge in [0.1, 0.15) is 5.03 Å². The zero-order valence-electron chi connectivity index (χ0n) is 14.0. The quantitative estimate of drug-likeness (QED) is 0.494. The topological polar surface area (TPSA) is 46.1 Å². The van der Waals surface area contributed by atoms with Crippen LogP contribution in [-0.2, 0) is 17.4 Å². The Bertz CT molecular complexity index is 1020. The molecule has 4 nitrogen and oxygen atoms in total. The van der Waals surface area contributed by atoms with Gasteiger partial charge in [0.25, 0.3) is 0 Å². The first kappa shape index (κ1) is 17.8. The van der Waals surface area contributed by atoms with E-state index in [-0.39, 0.29) is 22.2 Å². The Morgan fingerprint density at radius 1 is 1.07 bits per heavy atom. The van der Waals surface area contributed by atoms with Gasteiger partial charge in [-0.1, -0.05) is 48.2 Å². The normalized spacial score (nSPS) is 13.8. The van der Waals surface area contributed by atoms with Gasteiger partial charge in [0, 0.05) is 17.6 Å². The number of hydrogen-bond donors (Lipinski definition) is 0. The van der Waals surface area contributed by atoms with Crippen molar-refractivity contribution in [2.24, 2.45) is 0 Å². The highest BCUT2D eigenvalue weighted by molar-refractivity contribution is 8.00. The fourth-order valence-electron chi connectivity index (χ4n) is 3.09. The summed E-state index contributed by atoms with van der Waals surface area (Å²) in [5, 5.41) is 0.666. The van der Waals surface area contributed by atoms with Gasteiger partial charge in [-0.15, -0.1) is 0 Å². The van der Waals surface area contributed by atoms with E-state index in [4.69, 9.17) is 0 Å². The van der Waals surface area contributed by atoms with E-state index in [1.807, 2.05) is 24.3 Å². The van der Waals surface area contributed by atoms with Crippen molar-refractivity contribution in [3.63, 3.8) is 0 Å². The molecular formula is C19H14F3N3OS. The molecule has 2 aromatic carbocycles. The third kappa shape index (κ3) is 3.49. The van der Waals surface area contributed by atoms with Crippen LogP contribution in [0.4, 0.5) is 18.9 Å². The molecule has 0 radical (unpaired) electrons. The molecule has 1 aliphatic rings. The van der Waals surface area contributed by atoms with Crippen LogP contribution < -0.4 is 4.90 Å². The SMILES string of the molecule is O=C(CSc1nc(C(F)(F)F)nc2ccccc12)N1CCc2ccccc21. The molecule has 1 aromatic heterocycles. The molecule has 0 saturated heterocycles. The van der Waals surface area contributed by atoms with E-state index in [1.165, 1.54) is 6.07 Å². The number of halogens is 3. The van der Waals surface area contributed by atoms with E-state index in [0.717, 1.165) is 29.4 Å². The number of benzene rings is 2. The molecule has 3 aromatic rings. The smallest absolute Gasteiger partial charge is 0.311 e. The summed E-state index contributed by atoms with van der Waals surface area (Å²) in [4.78, 5) is 21.6. The van der Waals surface area contributed by atoms with E-state index >= 15 is 0 Å². The van der Waals surface area contributed by atoms with Gasteiger partial charge in [0.2, 0.25) is 11.7 Å². The van der Waals surface area contributed by atoms with Gasteiger partial charge in [-0.2, -0.15) is 13.2 Å². The highest BCUT2D eigenvalue weighted by Gasteiger charge is 2.35. The van der Waals surface area contributed by atoms with Crippen molar-refractivity contribution < 1.29 is 18.0 Å². The average Bonchev–Trinajstić information content (AvgIpc) is 3.09. The summed E-state index contributed by atoms with van der Waals surface area (Å²) in [6.45, 7) is 0.580. The second kappa shape index (κ2) is 6.84. The first-order valence-electron chi connectivity index (χ1n) is 8.28. The molecule has 138 valence electrons. The van der Waals surface area contributed by atoms with Crippen molar-refractivity contribution >= 4 is 34.3 Å². The number of carbonyl (C=O) groups excluding carboxylic acids is 1. The minimum absolute atomic E-state index is 0.00659. The number of nitrogens with zero attached hydrogens (tertiary/aromatic N) is 3. The number of hydrogen-bond acceptors (Lipinski definition) is 4. The fraction of sp³-hybridized carbons (Fsp3) is 0.211. The minimum Gasteiger partial charge on any atom is -0.311 e. The van der Waals surface area contributed by atoms with Crippen molar-refractivity contribution in [1.82, 2.24) is 9.97 Å². The lowest BCUT2D eigenvalue weighted by atomic mass is 10.2. The molecule has 0 N–H and O–H groups in total. The molecule has 27 heavy (non-hydrogen) atoms.